The van der Waals surface area contributed by atoms with E-state index in [0.29, 0.717) is 21.9 Å². The molecule has 1 N–H and O–H groups in total. The van der Waals surface area contributed by atoms with E-state index in [-0.39, 0.29) is 6.61 Å². The van der Waals surface area contributed by atoms with Gasteiger partial charge in [0.2, 0.25) is 0 Å². The van der Waals surface area contributed by atoms with E-state index >= 15 is 0 Å². The molecule has 0 aliphatic carbocycles. The topological polar surface area (TPSA) is 73.3 Å². The average molecular weight is 325 g/mol. The SMILES string of the molecule is COC[C@H](C)n1c(=O)[nH]cc(-c2cccc(OC)c2Cl)c1=O. The zero-order valence-electron chi connectivity index (χ0n) is 12.6. The van der Waals surface area contributed by atoms with E-state index in [1.165, 1.54) is 20.4 Å². The van der Waals surface area contributed by atoms with Crippen LogP contribution in [0.1, 0.15) is 13.0 Å². The molecule has 0 saturated heterocycles. The molecular formula is C15H17ClN2O4. The van der Waals surface area contributed by atoms with Crippen molar-refractivity contribution in [1.82, 2.24) is 9.55 Å². The number of hydrogen-bond acceptors (Lipinski definition) is 4. The number of aromatic amines is 1. The predicted octanol–water partition coefficient (Wildman–Crippen LogP) is 2.07. The molecule has 7 heteroatoms. The minimum atomic E-state index is -0.489. The van der Waals surface area contributed by atoms with Crippen molar-refractivity contribution in [2.75, 3.05) is 20.8 Å². The summed E-state index contributed by atoms with van der Waals surface area (Å²) in [4.78, 5) is 27.2. The molecule has 1 aromatic carbocycles. The van der Waals surface area contributed by atoms with Crippen LogP contribution in [0.15, 0.2) is 34.0 Å². The van der Waals surface area contributed by atoms with Gasteiger partial charge in [0.1, 0.15) is 5.75 Å². The van der Waals surface area contributed by atoms with Gasteiger partial charge in [0.05, 0.1) is 30.3 Å². The van der Waals surface area contributed by atoms with Crippen LogP contribution in [-0.2, 0) is 4.74 Å². The van der Waals surface area contributed by atoms with Gasteiger partial charge in [-0.3, -0.25) is 9.36 Å². The zero-order chi connectivity index (χ0) is 16.3. The second kappa shape index (κ2) is 6.81. The van der Waals surface area contributed by atoms with Gasteiger partial charge in [0.15, 0.2) is 0 Å². The van der Waals surface area contributed by atoms with E-state index in [1.807, 2.05) is 0 Å². The average Bonchev–Trinajstić information content (AvgIpc) is 2.49. The van der Waals surface area contributed by atoms with Crippen molar-refractivity contribution in [2.24, 2.45) is 0 Å². The second-order valence-electron chi connectivity index (χ2n) is 4.81. The van der Waals surface area contributed by atoms with Gasteiger partial charge in [-0.15, -0.1) is 0 Å². The van der Waals surface area contributed by atoms with Gasteiger partial charge in [-0.2, -0.15) is 0 Å². The van der Waals surface area contributed by atoms with E-state index in [1.54, 1.807) is 25.1 Å². The third-order valence-electron chi connectivity index (χ3n) is 3.33. The Hall–Kier alpha value is -2.05. The number of nitrogens with one attached hydrogen (secondary N) is 1. The van der Waals surface area contributed by atoms with Gasteiger partial charge in [-0.1, -0.05) is 23.7 Å². The van der Waals surface area contributed by atoms with Crippen molar-refractivity contribution in [3.8, 4) is 16.9 Å². The highest BCUT2D eigenvalue weighted by Crippen LogP contribution is 2.33. The maximum absolute atomic E-state index is 12.6. The fourth-order valence-electron chi connectivity index (χ4n) is 2.27. The number of aromatic nitrogens is 2. The minimum absolute atomic E-state index is 0.248. The molecule has 2 rings (SSSR count). The molecule has 6 nitrogen and oxygen atoms in total. The predicted molar refractivity (Wildman–Crippen MR) is 84.9 cm³/mol. The number of nitrogens with zero attached hydrogens (tertiary/aromatic N) is 1. The number of methoxy groups -OCH3 is 2. The maximum atomic E-state index is 12.6. The summed E-state index contributed by atoms with van der Waals surface area (Å²) in [7, 11) is 3.01. The molecule has 0 bridgehead atoms. The number of benzene rings is 1. The Morgan fingerprint density at radius 1 is 1.27 bits per heavy atom. The molecule has 0 aliphatic heterocycles. The molecule has 0 fully saturated rings. The quantitative estimate of drug-likeness (QED) is 0.913. The van der Waals surface area contributed by atoms with Crippen LogP contribution in [0.3, 0.4) is 0 Å². The van der Waals surface area contributed by atoms with E-state index < -0.39 is 17.3 Å². The van der Waals surface area contributed by atoms with E-state index in [4.69, 9.17) is 21.1 Å². The van der Waals surface area contributed by atoms with Crippen LogP contribution in [0.5, 0.6) is 5.75 Å². The van der Waals surface area contributed by atoms with Gasteiger partial charge < -0.3 is 14.5 Å². The number of hydrogen-bond donors (Lipinski definition) is 1. The first kappa shape index (κ1) is 16.3. The van der Waals surface area contributed by atoms with Crippen molar-refractivity contribution in [2.45, 2.75) is 13.0 Å². The summed E-state index contributed by atoms with van der Waals surface area (Å²) in [6.45, 7) is 1.98. The highest BCUT2D eigenvalue weighted by atomic mass is 35.5. The Kier molecular flexibility index (Phi) is 5.05. The lowest BCUT2D eigenvalue weighted by atomic mass is 10.1. The van der Waals surface area contributed by atoms with Crippen molar-refractivity contribution >= 4 is 11.6 Å². The molecule has 0 aliphatic rings. The third kappa shape index (κ3) is 2.93. The van der Waals surface area contributed by atoms with Crippen LogP contribution in [-0.4, -0.2) is 30.4 Å². The molecule has 2 aromatic rings. The molecule has 118 valence electrons. The second-order valence-corrected chi connectivity index (χ2v) is 5.19. The standard InChI is InChI=1S/C15H17ClN2O4/c1-9(8-21-2)18-14(19)11(7-17-15(18)20)10-5-4-6-12(22-3)13(10)16/h4-7,9H,8H2,1-3H3,(H,17,20)/t9-/m0/s1. The Labute approximate surface area is 132 Å². The lowest BCUT2D eigenvalue weighted by Crippen LogP contribution is -2.39. The lowest BCUT2D eigenvalue weighted by Gasteiger charge is -2.15. The lowest BCUT2D eigenvalue weighted by molar-refractivity contribution is 0.159. The number of ether oxygens (including phenoxy) is 2. The summed E-state index contributed by atoms with van der Waals surface area (Å²) in [6.07, 6.45) is 1.36. The van der Waals surface area contributed by atoms with Crippen molar-refractivity contribution in [3.05, 3.63) is 50.3 Å². The van der Waals surface area contributed by atoms with Crippen LogP contribution in [0.25, 0.3) is 11.1 Å². The maximum Gasteiger partial charge on any atom is 0.328 e. The van der Waals surface area contributed by atoms with Crippen molar-refractivity contribution in [1.29, 1.82) is 0 Å². The Morgan fingerprint density at radius 3 is 2.64 bits per heavy atom. The molecule has 0 radical (unpaired) electrons. The highest BCUT2D eigenvalue weighted by molar-refractivity contribution is 6.34. The Morgan fingerprint density at radius 2 is 2.00 bits per heavy atom. The Bertz CT molecular complexity index is 782. The van der Waals surface area contributed by atoms with Gasteiger partial charge in [0.25, 0.3) is 5.56 Å². The van der Waals surface area contributed by atoms with Gasteiger partial charge in [0, 0.05) is 18.9 Å². The smallest absolute Gasteiger partial charge is 0.328 e. The Balaban J connectivity index is 2.66. The molecule has 0 amide bonds. The summed E-state index contributed by atoms with van der Waals surface area (Å²) in [6, 6.07) is 4.73. The molecular weight excluding hydrogens is 308 g/mol. The monoisotopic (exact) mass is 324 g/mol. The molecule has 1 aromatic heterocycles. The highest BCUT2D eigenvalue weighted by Gasteiger charge is 2.17. The summed E-state index contributed by atoms with van der Waals surface area (Å²) in [5, 5.41) is 0.320. The van der Waals surface area contributed by atoms with Crippen LogP contribution in [0, 0.1) is 0 Å². The molecule has 1 heterocycles. The van der Waals surface area contributed by atoms with E-state index in [0.717, 1.165) is 4.57 Å². The summed E-state index contributed by atoms with van der Waals surface area (Å²) in [5.41, 5.74) is -0.118. The molecule has 0 spiro atoms. The molecule has 22 heavy (non-hydrogen) atoms. The van der Waals surface area contributed by atoms with Crippen LogP contribution in [0.2, 0.25) is 5.02 Å². The van der Waals surface area contributed by atoms with Crippen LogP contribution >= 0.6 is 11.6 Å². The fourth-order valence-corrected chi connectivity index (χ4v) is 2.58. The first-order chi connectivity index (χ1) is 10.5. The fraction of sp³-hybridized carbons (Fsp3) is 0.333. The third-order valence-corrected chi connectivity index (χ3v) is 3.72. The zero-order valence-corrected chi connectivity index (χ0v) is 13.3. The first-order valence-electron chi connectivity index (χ1n) is 6.67. The molecule has 1 atom stereocenters. The number of rotatable bonds is 5. The summed E-state index contributed by atoms with van der Waals surface area (Å²) >= 11 is 6.26. The van der Waals surface area contributed by atoms with Gasteiger partial charge >= 0.3 is 5.69 Å². The summed E-state index contributed by atoms with van der Waals surface area (Å²) in [5.74, 6) is 0.459. The number of halogens is 1. The first-order valence-corrected chi connectivity index (χ1v) is 7.05. The van der Waals surface area contributed by atoms with Crippen LogP contribution < -0.4 is 16.0 Å². The van der Waals surface area contributed by atoms with E-state index in [2.05, 4.69) is 4.98 Å². The van der Waals surface area contributed by atoms with Crippen molar-refractivity contribution < 1.29 is 9.47 Å². The largest absolute Gasteiger partial charge is 0.495 e. The van der Waals surface area contributed by atoms with Crippen LogP contribution in [0.4, 0.5) is 0 Å². The number of H-pyrrole nitrogens is 1. The van der Waals surface area contributed by atoms with E-state index in [9.17, 15) is 9.59 Å². The normalized spacial score (nSPS) is 12.2. The van der Waals surface area contributed by atoms with Crippen molar-refractivity contribution in [3.63, 3.8) is 0 Å². The summed E-state index contributed by atoms with van der Waals surface area (Å²) < 4.78 is 11.3. The van der Waals surface area contributed by atoms with Gasteiger partial charge in [-0.25, -0.2) is 4.79 Å². The molecule has 0 unspecified atom stereocenters. The molecule has 0 saturated carbocycles. The van der Waals surface area contributed by atoms with Gasteiger partial charge in [-0.05, 0) is 13.0 Å². The minimum Gasteiger partial charge on any atom is -0.495 e.